The van der Waals surface area contributed by atoms with E-state index in [9.17, 15) is 28.8 Å². The SMILES string of the molecule is C=CC(=O)N1COCC1C(=O)N(c1ccc(C(C)(C)CC2CCCC(NC(=O)C(c3cccnc3)N(C(=O)C3COC(=O)N3C(=O)C=C)c3ccc(C(C)(C)C)cc3)C2)cc1)C(C(=O)NC(C)(C)C)c1cccnc1. The van der Waals surface area contributed by atoms with Crippen molar-refractivity contribution in [2.45, 2.75) is 134 Å². The molecular formula is C58H70N8O9. The van der Waals surface area contributed by atoms with E-state index in [1.807, 2.05) is 57.2 Å². The first-order chi connectivity index (χ1) is 35.5. The van der Waals surface area contributed by atoms with Gasteiger partial charge >= 0.3 is 6.09 Å². The van der Waals surface area contributed by atoms with E-state index in [4.69, 9.17) is 9.47 Å². The van der Waals surface area contributed by atoms with Crippen LogP contribution in [0.4, 0.5) is 16.2 Å². The topological polar surface area (TPSA) is 201 Å². The van der Waals surface area contributed by atoms with Gasteiger partial charge in [0.15, 0.2) is 6.04 Å². The summed E-state index contributed by atoms with van der Waals surface area (Å²) in [5.74, 6) is -3.19. The lowest BCUT2D eigenvalue weighted by Crippen LogP contribution is -2.54. The number of cyclic esters (lactones) is 1. The zero-order valence-electron chi connectivity index (χ0n) is 44.3. The number of amides is 7. The van der Waals surface area contributed by atoms with Crippen LogP contribution in [0, 0.1) is 5.92 Å². The van der Waals surface area contributed by atoms with E-state index in [0.717, 1.165) is 47.4 Å². The summed E-state index contributed by atoms with van der Waals surface area (Å²) in [6.45, 7) is 22.6. The predicted octanol–water partition coefficient (Wildman–Crippen LogP) is 7.78. The molecule has 2 saturated heterocycles. The standard InChI is InChI=1S/C58H70N8O9/c1-11-47(67)63-36-74-34-45(63)53(71)65(50(39-18-15-29-60-33-39)52(70)62-57(6,7)8)44-26-22-41(23-27-44)58(9,10)31-37-16-13-19-42(30-37)61-51(69)49(38-17-14-28-59-32-38)64(43-24-20-40(21-25-43)56(3,4)5)54(72)46-35-75-55(73)66(46)48(68)12-2/h11-12,14-15,17-18,20-29,32-33,37,42,45-46,49-50H,1-2,13,16,19,30-31,34-36H2,3-10H3,(H,61,69)(H,62,70). The van der Waals surface area contributed by atoms with E-state index in [0.29, 0.717) is 35.3 Å². The Labute approximate surface area is 439 Å². The van der Waals surface area contributed by atoms with Gasteiger partial charge in [-0.2, -0.15) is 0 Å². The van der Waals surface area contributed by atoms with Gasteiger partial charge in [-0.1, -0.05) is 97.0 Å². The van der Waals surface area contributed by atoms with Crippen molar-refractivity contribution in [2.24, 2.45) is 5.92 Å². The summed E-state index contributed by atoms with van der Waals surface area (Å²) in [6.07, 6.45) is 11.2. The van der Waals surface area contributed by atoms with E-state index in [-0.39, 0.29) is 30.7 Å². The van der Waals surface area contributed by atoms with Gasteiger partial charge in [0.1, 0.15) is 31.5 Å². The van der Waals surface area contributed by atoms with E-state index in [2.05, 4.69) is 68.4 Å². The molecule has 1 aliphatic carbocycles. The smallest absolute Gasteiger partial charge is 0.417 e. The zero-order valence-corrected chi connectivity index (χ0v) is 44.3. The van der Waals surface area contributed by atoms with Crippen molar-refractivity contribution in [3.63, 3.8) is 0 Å². The Balaban J connectivity index is 1.15. The van der Waals surface area contributed by atoms with Crippen LogP contribution in [0.15, 0.2) is 123 Å². The normalized spacial score (nSPS) is 19.8. The molecule has 3 fully saturated rings. The van der Waals surface area contributed by atoms with Gasteiger partial charge in [-0.05, 0) is 116 Å². The number of imide groups is 1. The number of hydrogen-bond acceptors (Lipinski definition) is 11. The number of anilines is 2. The lowest BCUT2D eigenvalue weighted by molar-refractivity contribution is -0.135. The molecule has 75 heavy (non-hydrogen) atoms. The molecular weight excluding hydrogens is 953 g/mol. The molecule has 7 amide bonds. The Bertz CT molecular complexity index is 2750. The van der Waals surface area contributed by atoms with Crippen LogP contribution in [0.25, 0.3) is 0 Å². The molecule has 4 heterocycles. The highest BCUT2D eigenvalue weighted by Crippen LogP contribution is 2.40. The summed E-state index contributed by atoms with van der Waals surface area (Å²) < 4.78 is 10.9. The number of hydrogen-bond donors (Lipinski definition) is 2. The van der Waals surface area contributed by atoms with Gasteiger partial charge < -0.3 is 25.0 Å². The molecule has 2 aliphatic heterocycles. The molecule has 0 spiro atoms. The minimum atomic E-state index is -1.37. The van der Waals surface area contributed by atoms with Gasteiger partial charge in [0.25, 0.3) is 17.7 Å². The Hall–Kier alpha value is -7.53. The van der Waals surface area contributed by atoms with Crippen LogP contribution in [-0.2, 0) is 49.1 Å². The molecule has 7 rings (SSSR count). The molecule has 2 aromatic carbocycles. The average Bonchev–Trinajstić information content (AvgIpc) is 4.03. The van der Waals surface area contributed by atoms with Gasteiger partial charge in [-0.15, -0.1) is 0 Å². The first kappa shape index (κ1) is 55.2. The fourth-order valence-electron chi connectivity index (χ4n) is 10.3. The fourth-order valence-corrected chi connectivity index (χ4v) is 10.3. The second kappa shape index (κ2) is 22.9. The number of benzene rings is 2. The number of carbonyl (C=O) groups is 7. The molecule has 396 valence electrons. The number of carbonyl (C=O) groups excluding carboxylic acids is 7. The van der Waals surface area contributed by atoms with Crippen LogP contribution in [0.2, 0.25) is 0 Å². The third kappa shape index (κ3) is 12.7. The molecule has 1 saturated carbocycles. The lowest BCUT2D eigenvalue weighted by atomic mass is 9.72. The van der Waals surface area contributed by atoms with E-state index in [1.165, 1.54) is 20.9 Å². The molecule has 6 atom stereocenters. The van der Waals surface area contributed by atoms with Crippen molar-refractivity contribution in [3.8, 4) is 0 Å². The minimum absolute atomic E-state index is 0.0650. The Morgan fingerprint density at radius 3 is 1.79 bits per heavy atom. The Morgan fingerprint density at radius 2 is 1.27 bits per heavy atom. The Morgan fingerprint density at radius 1 is 0.720 bits per heavy atom. The lowest BCUT2D eigenvalue weighted by Gasteiger charge is -2.38. The second-order valence-electron chi connectivity index (χ2n) is 22.2. The van der Waals surface area contributed by atoms with Crippen molar-refractivity contribution in [1.29, 1.82) is 0 Å². The highest BCUT2D eigenvalue weighted by atomic mass is 16.6. The van der Waals surface area contributed by atoms with Gasteiger partial charge in [-0.25, -0.2) is 9.69 Å². The minimum Gasteiger partial charge on any atom is -0.446 e. The summed E-state index contributed by atoms with van der Waals surface area (Å²) in [7, 11) is 0. The number of ether oxygens (including phenoxy) is 2. The van der Waals surface area contributed by atoms with Crippen LogP contribution in [0.5, 0.6) is 0 Å². The number of nitrogens with one attached hydrogen (secondary N) is 2. The summed E-state index contributed by atoms with van der Waals surface area (Å²) in [6, 6.07) is 16.7. The van der Waals surface area contributed by atoms with E-state index >= 15 is 4.79 Å². The molecule has 0 bridgehead atoms. The maximum Gasteiger partial charge on any atom is 0.417 e. The number of rotatable bonds is 16. The van der Waals surface area contributed by atoms with Gasteiger partial charge in [0, 0.05) is 58.9 Å². The van der Waals surface area contributed by atoms with Crippen molar-refractivity contribution in [2.75, 3.05) is 29.7 Å². The number of nitrogens with zero attached hydrogens (tertiary/aromatic N) is 6. The van der Waals surface area contributed by atoms with Gasteiger partial charge in [0.2, 0.25) is 17.7 Å². The third-order valence-corrected chi connectivity index (χ3v) is 14.0. The van der Waals surface area contributed by atoms with E-state index in [1.54, 1.807) is 55.0 Å². The molecule has 17 heteroatoms. The first-order valence-corrected chi connectivity index (χ1v) is 25.5. The first-order valence-electron chi connectivity index (χ1n) is 25.5. The van der Waals surface area contributed by atoms with Crippen LogP contribution in [0.3, 0.4) is 0 Å². The van der Waals surface area contributed by atoms with Crippen molar-refractivity contribution >= 4 is 52.9 Å². The van der Waals surface area contributed by atoms with Gasteiger partial charge in [0.05, 0.1) is 6.61 Å². The van der Waals surface area contributed by atoms with Crippen molar-refractivity contribution in [3.05, 3.63) is 145 Å². The number of aromatic nitrogens is 2. The number of pyridine rings is 2. The van der Waals surface area contributed by atoms with Crippen molar-refractivity contribution < 1.29 is 43.0 Å². The summed E-state index contributed by atoms with van der Waals surface area (Å²) in [5.41, 5.74) is 2.42. The highest BCUT2D eigenvalue weighted by Gasteiger charge is 2.47. The van der Waals surface area contributed by atoms with Gasteiger partial charge in [-0.3, -0.25) is 48.5 Å². The largest absolute Gasteiger partial charge is 0.446 e. The summed E-state index contributed by atoms with van der Waals surface area (Å²) in [4.78, 5) is 111. The molecule has 4 aromatic rings. The molecule has 2 aromatic heterocycles. The van der Waals surface area contributed by atoms with E-state index < -0.39 is 83.3 Å². The summed E-state index contributed by atoms with van der Waals surface area (Å²) >= 11 is 0. The molecule has 3 aliphatic rings. The van der Waals surface area contributed by atoms with Crippen LogP contribution >= 0.6 is 0 Å². The molecule has 0 radical (unpaired) electrons. The average molecular weight is 1020 g/mol. The highest BCUT2D eigenvalue weighted by molar-refractivity contribution is 6.10. The monoisotopic (exact) mass is 1020 g/mol. The van der Waals surface area contributed by atoms with Crippen LogP contribution < -0.4 is 20.4 Å². The summed E-state index contributed by atoms with van der Waals surface area (Å²) in [5, 5.41) is 6.35. The maximum atomic E-state index is 15.0. The maximum absolute atomic E-state index is 15.0. The van der Waals surface area contributed by atoms with Crippen LogP contribution in [0.1, 0.15) is 122 Å². The molecule has 17 nitrogen and oxygen atoms in total. The molecule has 2 N–H and O–H groups in total. The fraction of sp³-hybridized carbons (Fsp3) is 0.431. The quantitative estimate of drug-likeness (QED) is 0.104. The van der Waals surface area contributed by atoms with Crippen molar-refractivity contribution in [1.82, 2.24) is 30.4 Å². The van der Waals surface area contributed by atoms with Crippen LogP contribution in [-0.4, -0.2) is 105 Å². The Kier molecular flexibility index (Phi) is 16.9. The zero-order chi connectivity index (χ0) is 54.4. The predicted molar refractivity (Wildman–Crippen MR) is 284 cm³/mol. The third-order valence-electron chi connectivity index (χ3n) is 14.0. The second-order valence-corrected chi connectivity index (χ2v) is 22.2. The molecule has 6 unspecified atom stereocenters.